The summed E-state index contributed by atoms with van der Waals surface area (Å²) in [7, 11) is 3.76. The SMILES string of the molecule is Cn1ncnc1NC(=O)CCc1cn(C)c2ccccc12. The van der Waals surface area contributed by atoms with Crippen LogP contribution in [0.2, 0.25) is 0 Å². The van der Waals surface area contributed by atoms with Crippen molar-refractivity contribution in [1.29, 1.82) is 0 Å². The lowest BCUT2D eigenvalue weighted by atomic mass is 10.1. The molecule has 6 heteroatoms. The van der Waals surface area contributed by atoms with Gasteiger partial charge in [-0.1, -0.05) is 18.2 Å². The van der Waals surface area contributed by atoms with E-state index in [0.717, 1.165) is 0 Å². The lowest BCUT2D eigenvalue weighted by Gasteiger charge is -2.03. The molecule has 0 fully saturated rings. The zero-order valence-corrected chi connectivity index (χ0v) is 12.1. The average Bonchev–Trinajstić information content (AvgIpc) is 3.02. The third-order valence-electron chi connectivity index (χ3n) is 3.56. The summed E-state index contributed by atoms with van der Waals surface area (Å²) < 4.78 is 3.63. The largest absolute Gasteiger partial charge is 0.350 e. The summed E-state index contributed by atoms with van der Waals surface area (Å²) in [6.45, 7) is 0. The van der Waals surface area contributed by atoms with Crippen LogP contribution in [0.1, 0.15) is 12.0 Å². The summed E-state index contributed by atoms with van der Waals surface area (Å²) in [4.78, 5) is 16.0. The Bertz CT molecular complexity index is 786. The van der Waals surface area contributed by atoms with Crippen molar-refractivity contribution >= 4 is 22.8 Å². The van der Waals surface area contributed by atoms with Gasteiger partial charge in [0, 0.05) is 37.6 Å². The van der Waals surface area contributed by atoms with Gasteiger partial charge in [0.1, 0.15) is 6.33 Å². The van der Waals surface area contributed by atoms with Crippen LogP contribution in [0.15, 0.2) is 36.8 Å². The fourth-order valence-electron chi connectivity index (χ4n) is 2.47. The molecular formula is C15H17N5O. The maximum absolute atomic E-state index is 12.0. The first-order valence-corrected chi connectivity index (χ1v) is 6.82. The second-order valence-corrected chi connectivity index (χ2v) is 5.04. The number of hydrogen-bond donors (Lipinski definition) is 1. The van der Waals surface area contributed by atoms with E-state index < -0.39 is 0 Å². The van der Waals surface area contributed by atoms with Crippen molar-refractivity contribution in [2.75, 3.05) is 5.32 Å². The minimum atomic E-state index is -0.0564. The van der Waals surface area contributed by atoms with Gasteiger partial charge in [-0.25, -0.2) is 4.68 Å². The summed E-state index contributed by atoms with van der Waals surface area (Å²) in [5, 5.41) is 7.88. The highest BCUT2D eigenvalue weighted by molar-refractivity contribution is 5.90. The number of aryl methyl sites for hydroxylation is 3. The number of fused-ring (bicyclic) bond motifs is 1. The third-order valence-corrected chi connectivity index (χ3v) is 3.56. The predicted molar refractivity (Wildman–Crippen MR) is 80.9 cm³/mol. The molecule has 0 aliphatic heterocycles. The number of nitrogens with one attached hydrogen (secondary N) is 1. The smallest absolute Gasteiger partial charge is 0.227 e. The van der Waals surface area contributed by atoms with E-state index in [4.69, 9.17) is 0 Å². The predicted octanol–water partition coefficient (Wildman–Crippen LogP) is 1.88. The van der Waals surface area contributed by atoms with Crippen LogP contribution >= 0.6 is 0 Å². The minimum absolute atomic E-state index is 0.0564. The van der Waals surface area contributed by atoms with Gasteiger partial charge >= 0.3 is 0 Å². The van der Waals surface area contributed by atoms with Crippen LogP contribution in [-0.2, 0) is 25.3 Å². The monoisotopic (exact) mass is 283 g/mol. The van der Waals surface area contributed by atoms with Crippen LogP contribution in [-0.4, -0.2) is 25.2 Å². The van der Waals surface area contributed by atoms with E-state index in [0.29, 0.717) is 18.8 Å². The summed E-state index contributed by atoms with van der Waals surface area (Å²) in [6, 6.07) is 8.21. The first kappa shape index (κ1) is 13.4. The fourth-order valence-corrected chi connectivity index (χ4v) is 2.47. The van der Waals surface area contributed by atoms with Crippen molar-refractivity contribution in [1.82, 2.24) is 19.3 Å². The zero-order valence-electron chi connectivity index (χ0n) is 12.1. The van der Waals surface area contributed by atoms with E-state index >= 15 is 0 Å². The van der Waals surface area contributed by atoms with Gasteiger partial charge in [-0.3, -0.25) is 10.1 Å². The Morgan fingerprint density at radius 3 is 2.86 bits per heavy atom. The highest BCUT2D eigenvalue weighted by Gasteiger charge is 2.10. The van der Waals surface area contributed by atoms with Crippen LogP contribution in [0.3, 0.4) is 0 Å². The van der Waals surface area contributed by atoms with Crippen molar-refractivity contribution in [3.05, 3.63) is 42.4 Å². The maximum atomic E-state index is 12.0. The summed E-state index contributed by atoms with van der Waals surface area (Å²) in [6.07, 6.45) is 4.62. The standard InChI is InChI=1S/C15H17N5O/c1-19-9-11(12-5-3-4-6-13(12)19)7-8-14(21)18-15-16-10-17-20(15)2/h3-6,9-10H,7-8H2,1-2H3,(H,16,17,18,21). The Balaban J connectivity index is 1.69. The molecule has 0 bridgehead atoms. The van der Waals surface area contributed by atoms with Gasteiger partial charge in [0.15, 0.2) is 0 Å². The Morgan fingerprint density at radius 2 is 2.10 bits per heavy atom. The van der Waals surface area contributed by atoms with Gasteiger partial charge in [0.2, 0.25) is 11.9 Å². The van der Waals surface area contributed by atoms with Gasteiger partial charge in [-0.15, -0.1) is 0 Å². The van der Waals surface area contributed by atoms with E-state index in [1.54, 1.807) is 7.05 Å². The summed E-state index contributed by atoms with van der Waals surface area (Å²) in [5.41, 5.74) is 2.36. The van der Waals surface area contributed by atoms with Crippen LogP contribution in [0.4, 0.5) is 5.95 Å². The molecule has 0 radical (unpaired) electrons. The first-order valence-electron chi connectivity index (χ1n) is 6.82. The van der Waals surface area contributed by atoms with Crippen molar-refractivity contribution in [3.63, 3.8) is 0 Å². The molecule has 0 atom stereocenters. The molecule has 1 aromatic carbocycles. The van der Waals surface area contributed by atoms with E-state index in [1.807, 2.05) is 19.2 Å². The minimum Gasteiger partial charge on any atom is -0.350 e. The van der Waals surface area contributed by atoms with Crippen LogP contribution < -0.4 is 5.32 Å². The molecule has 0 aliphatic carbocycles. The highest BCUT2D eigenvalue weighted by Crippen LogP contribution is 2.21. The number of aromatic nitrogens is 4. The zero-order chi connectivity index (χ0) is 14.8. The molecule has 108 valence electrons. The van der Waals surface area contributed by atoms with Crippen molar-refractivity contribution in [2.24, 2.45) is 14.1 Å². The number of para-hydroxylation sites is 1. The van der Waals surface area contributed by atoms with E-state index in [2.05, 4.69) is 38.3 Å². The quantitative estimate of drug-likeness (QED) is 0.795. The normalized spacial score (nSPS) is 11.0. The van der Waals surface area contributed by atoms with Gasteiger partial charge in [-0.2, -0.15) is 10.1 Å². The van der Waals surface area contributed by atoms with Crippen molar-refractivity contribution in [3.8, 4) is 0 Å². The number of rotatable bonds is 4. The number of anilines is 1. The Kier molecular flexibility index (Phi) is 3.43. The lowest BCUT2D eigenvalue weighted by molar-refractivity contribution is -0.116. The third kappa shape index (κ3) is 2.65. The van der Waals surface area contributed by atoms with E-state index in [9.17, 15) is 4.79 Å². The second-order valence-electron chi connectivity index (χ2n) is 5.04. The molecule has 0 saturated heterocycles. The van der Waals surface area contributed by atoms with Gasteiger partial charge in [0.25, 0.3) is 0 Å². The average molecular weight is 283 g/mol. The molecule has 21 heavy (non-hydrogen) atoms. The van der Waals surface area contributed by atoms with E-state index in [-0.39, 0.29) is 5.91 Å². The molecule has 0 unspecified atom stereocenters. The van der Waals surface area contributed by atoms with Crippen LogP contribution in [0, 0.1) is 0 Å². The maximum Gasteiger partial charge on any atom is 0.227 e. The van der Waals surface area contributed by atoms with E-state index in [1.165, 1.54) is 27.5 Å². The Labute approximate surface area is 122 Å². The van der Waals surface area contributed by atoms with Crippen molar-refractivity contribution < 1.29 is 4.79 Å². The molecule has 3 aromatic rings. The molecule has 0 spiro atoms. The molecule has 2 aromatic heterocycles. The summed E-state index contributed by atoms with van der Waals surface area (Å²) in [5.74, 6) is 0.414. The number of carbonyl (C=O) groups excluding carboxylic acids is 1. The Morgan fingerprint density at radius 1 is 1.29 bits per heavy atom. The Hall–Kier alpha value is -2.63. The van der Waals surface area contributed by atoms with Crippen LogP contribution in [0.5, 0.6) is 0 Å². The number of nitrogens with zero attached hydrogens (tertiary/aromatic N) is 4. The number of amides is 1. The molecule has 1 N–H and O–H groups in total. The van der Waals surface area contributed by atoms with Gasteiger partial charge in [0.05, 0.1) is 0 Å². The fraction of sp³-hybridized carbons (Fsp3) is 0.267. The molecular weight excluding hydrogens is 266 g/mol. The second kappa shape index (κ2) is 5.40. The molecule has 3 rings (SSSR count). The molecule has 1 amide bonds. The number of benzene rings is 1. The molecule has 2 heterocycles. The lowest BCUT2D eigenvalue weighted by Crippen LogP contribution is -2.15. The van der Waals surface area contributed by atoms with Gasteiger partial charge < -0.3 is 4.57 Å². The molecule has 0 saturated carbocycles. The molecule has 6 nitrogen and oxygen atoms in total. The van der Waals surface area contributed by atoms with Gasteiger partial charge in [-0.05, 0) is 18.1 Å². The van der Waals surface area contributed by atoms with Crippen LogP contribution in [0.25, 0.3) is 10.9 Å². The number of hydrogen-bond acceptors (Lipinski definition) is 3. The summed E-state index contributed by atoms with van der Waals surface area (Å²) >= 11 is 0. The molecule has 0 aliphatic rings. The topological polar surface area (TPSA) is 64.7 Å². The first-order chi connectivity index (χ1) is 10.1. The highest BCUT2D eigenvalue weighted by atomic mass is 16.1. The van der Waals surface area contributed by atoms with Crippen molar-refractivity contribution in [2.45, 2.75) is 12.8 Å². The number of carbonyl (C=O) groups is 1.